The highest BCUT2D eigenvalue weighted by Gasteiger charge is 2.14. The van der Waals surface area contributed by atoms with Gasteiger partial charge in [0.15, 0.2) is 0 Å². The average Bonchev–Trinajstić information content (AvgIpc) is 1.64. The summed E-state index contributed by atoms with van der Waals surface area (Å²) in [4.78, 5) is 0. The first kappa shape index (κ1) is 94.4. The van der Waals surface area contributed by atoms with E-state index in [-0.39, 0.29) is 11.6 Å². The van der Waals surface area contributed by atoms with Crippen LogP contribution in [0.2, 0.25) is 5.02 Å². The molecule has 11 heteroatoms. The van der Waals surface area contributed by atoms with Gasteiger partial charge in [-0.2, -0.15) is 5.26 Å². The summed E-state index contributed by atoms with van der Waals surface area (Å²) in [6, 6.07) is 56.5. The van der Waals surface area contributed by atoms with Gasteiger partial charge in [-0.05, 0) is 304 Å². The highest BCUT2D eigenvalue weighted by molar-refractivity contribution is 9.10. The Morgan fingerprint density at radius 3 is 1.21 bits per heavy atom. The second kappa shape index (κ2) is 47.3. The second-order valence-electron chi connectivity index (χ2n) is 30.1. The van der Waals surface area contributed by atoms with Gasteiger partial charge in [-0.1, -0.05) is 224 Å². The van der Waals surface area contributed by atoms with Gasteiger partial charge in [0.25, 0.3) is 0 Å². The van der Waals surface area contributed by atoms with Gasteiger partial charge in [0.1, 0.15) is 34.6 Å². The molecule has 0 fully saturated rings. The number of thiophene rings is 2. The van der Waals surface area contributed by atoms with Crippen molar-refractivity contribution in [2.75, 3.05) is 28.4 Å². The van der Waals surface area contributed by atoms with E-state index >= 15 is 0 Å². The molecule has 0 unspecified atom stereocenters. The van der Waals surface area contributed by atoms with E-state index in [0.29, 0.717) is 53.3 Å². The number of fused-ring (bicyclic) bond motifs is 2. The number of benzene rings is 9. The smallest absolute Gasteiger partial charge is 0.126 e. The highest BCUT2D eigenvalue weighted by Crippen LogP contribution is 2.36. The maximum absolute atomic E-state index is 13.1. The molecule has 5 nitrogen and oxygen atoms in total. The van der Waals surface area contributed by atoms with Crippen LogP contribution in [0.3, 0.4) is 0 Å². The van der Waals surface area contributed by atoms with Crippen molar-refractivity contribution in [3.8, 4) is 29.1 Å². The summed E-state index contributed by atoms with van der Waals surface area (Å²) < 4.78 is 50.8. The minimum atomic E-state index is -0.140. The van der Waals surface area contributed by atoms with Crippen molar-refractivity contribution < 1.29 is 27.7 Å². The van der Waals surface area contributed by atoms with Gasteiger partial charge < -0.3 is 18.9 Å². The molecule has 582 valence electrons. The Bertz CT molecular complexity index is 4430. The number of nitrogens with zero attached hydrogens (tertiary/aromatic N) is 1. The molecule has 0 amide bonds. The second-order valence-corrected chi connectivity index (χ2v) is 33.4. The third kappa shape index (κ3) is 30.6. The molecule has 0 aliphatic rings. The summed E-state index contributed by atoms with van der Waals surface area (Å²) in [5.41, 5.74) is 20.7. The maximum Gasteiger partial charge on any atom is 0.126 e. The predicted octanol–water partition coefficient (Wildman–Crippen LogP) is 31.5. The van der Waals surface area contributed by atoms with Crippen molar-refractivity contribution in [3.63, 3.8) is 0 Å². The number of halogens is 4. The molecule has 0 N–H and O–H groups in total. The van der Waals surface area contributed by atoms with Crippen LogP contribution in [0.4, 0.5) is 8.78 Å². The van der Waals surface area contributed by atoms with Crippen LogP contribution in [-0.2, 0) is 0 Å². The van der Waals surface area contributed by atoms with Gasteiger partial charge in [0.05, 0.1) is 40.1 Å². The summed E-state index contributed by atoms with van der Waals surface area (Å²) in [6.45, 7) is 53.2. The third-order valence-electron chi connectivity index (χ3n) is 18.4. The monoisotopic (exact) mass is 1580 g/mol. The minimum absolute atomic E-state index is 0.0932. The number of aryl methyl sites for hydroxylation is 7. The predicted molar refractivity (Wildman–Crippen MR) is 472 cm³/mol. The van der Waals surface area contributed by atoms with Crippen LogP contribution in [0, 0.1) is 71.4 Å². The van der Waals surface area contributed by atoms with Gasteiger partial charge in [-0.15, -0.1) is 22.7 Å². The van der Waals surface area contributed by atoms with Crippen molar-refractivity contribution >= 4 is 70.4 Å². The number of hydrogen-bond donors (Lipinski definition) is 0. The van der Waals surface area contributed by atoms with Crippen LogP contribution in [0.25, 0.3) is 20.2 Å². The van der Waals surface area contributed by atoms with Crippen LogP contribution in [-0.4, -0.2) is 28.4 Å². The molecule has 0 aliphatic carbocycles. The number of ether oxygens (including phenoxy) is 4. The van der Waals surface area contributed by atoms with Gasteiger partial charge in [0, 0.05) is 18.9 Å². The van der Waals surface area contributed by atoms with Crippen LogP contribution < -0.4 is 18.9 Å². The first-order valence-corrected chi connectivity index (χ1v) is 40.7. The molecule has 0 radical (unpaired) electrons. The Morgan fingerprint density at radius 2 is 0.750 bits per heavy atom. The molecule has 0 saturated carbocycles. The zero-order valence-electron chi connectivity index (χ0n) is 70.3. The molecule has 0 atom stereocenters. The number of para-hydroxylation sites is 1. The van der Waals surface area contributed by atoms with Crippen molar-refractivity contribution in [2.45, 2.75) is 226 Å². The fraction of sp³-hybridized carbons (Fsp3) is 0.392. The Hall–Kier alpha value is -7.78. The molecule has 9 aromatic carbocycles. The van der Waals surface area contributed by atoms with E-state index in [1.807, 2.05) is 80.6 Å². The Morgan fingerprint density at radius 1 is 0.343 bits per heavy atom. The molecule has 11 aromatic rings. The lowest BCUT2D eigenvalue weighted by Crippen LogP contribution is -1.95. The maximum atomic E-state index is 13.1. The molecular formula is C97H125BrClF2NO4S2. The van der Waals surface area contributed by atoms with E-state index in [9.17, 15) is 8.78 Å². The lowest BCUT2D eigenvalue weighted by Gasteiger charge is -2.11. The van der Waals surface area contributed by atoms with Crippen molar-refractivity contribution in [2.24, 2.45) is 0 Å². The van der Waals surface area contributed by atoms with E-state index in [4.69, 9.17) is 35.8 Å². The molecular weight excluding hydrogens is 1460 g/mol. The summed E-state index contributed by atoms with van der Waals surface area (Å²) in [6.07, 6.45) is 0. The number of rotatable bonds is 13. The highest BCUT2D eigenvalue weighted by atomic mass is 79.9. The molecule has 0 aliphatic heterocycles. The van der Waals surface area contributed by atoms with Crippen molar-refractivity contribution in [3.05, 3.63) is 290 Å². The first-order chi connectivity index (χ1) is 50.8. The largest absolute Gasteiger partial charge is 0.496 e. The van der Waals surface area contributed by atoms with E-state index in [2.05, 4.69) is 264 Å². The van der Waals surface area contributed by atoms with Crippen molar-refractivity contribution in [1.29, 1.82) is 5.26 Å². The summed E-state index contributed by atoms with van der Waals surface area (Å²) in [5.74, 6) is 8.29. The van der Waals surface area contributed by atoms with Crippen LogP contribution in [0.5, 0.6) is 23.0 Å². The third-order valence-corrected chi connectivity index (χ3v) is 20.9. The van der Waals surface area contributed by atoms with Gasteiger partial charge in [-0.3, -0.25) is 0 Å². The number of hydrogen-bond acceptors (Lipinski definition) is 7. The summed E-state index contributed by atoms with van der Waals surface area (Å²) in [7, 11) is 6.85. The molecule has 2 heterocycles. The van der Waals surface area contributed by atoms with Crippen molar-refractivity contribution in [1.82, 2.24) is 0 Å². The number of nitriles is 1. The Kier molecular flexibility index (Phi) is 41.4. The topological polar surface area (TPSA) is 60.7 Å². The zero-order chi connectivity index (χ0) is 81.4. The fourth-order valence-corrected chi connectivity index (χ4v) is 14.7. The van der Waals surface area contributed by atoms with E-state index in [1.165, 1.54) is 103 Å². The molecule has 11 rings (SSSR count). The lowest BCUT2D eigenvalue weighted by molar-refractivity contribution is 0.407. The molecule has 0 saturated heterocycles. The SMILES string of the molecule is COc1cc(Cl)ccc1C(C)C.COc1cc2ccsc2cc1C(C)C.COc1cc2sccc2cc1C(C)C.COc1ccccc1C(C)C.Cc1cc(Br)ccc1C(C)C.Cc1cc(C#N)ccc1C(C)C.Cc1cc(C)c(C(C)C)cc1F.Cc1ccc(C(C)C)c(C)c1.Cc1ccc(F)cc1C(C)C. The number of methoxy groups -OCH3 is 4. The van der Waals surface area contributed by atoms with Gasteiger partial charge >= 0.3 is 0 Å². The Labute approximate surface area is 672 Å². The van der Waals surface area contributed by atoms with Crippen LogP contribution in [0.15, 0.2) is 179 Å². The van der Waals surface area contributed by atoms with Gasteiger partial charge in [-0.25, -0.2) is 8.78 Å². The Balaban J connectivity index is 0.000000316. The summed E-state index contributed by atoms with van der Waals surface area (Å²) >= 11 is 12.8. The molecule has 0 spiro atoms. The normalized spacial score (nSPS) is 10.6. The standard InChI is InChI=1S/2C12H14OS.C11H15F.C11H13N.C11H16.C10H13Br.C10H13ClO.C10H13F.C10H14O/c1-8(2)10-7-12-9(4-5-14-12)6-11(10)13-3;1-8(2)10-6-9-4-5-14-12(9)7-11(10)13-3;1-7(2)10-6-11(12)9(4)5-8(10)3;1-8(2)11-5-4-10(7-12)6-9(11)3;1-8(2)11-6-5-9(3)7-10(11)4;1-7(2)10-5-4-9(11)6-8(10)3;1-7(2)9-5-4-8(11)6-10(9)12-3;1-7(2)10-6-9(11)5-4-8(10)3;1-8(2)9-6-4-5-7-10(9)11-3/h2*4-8H,1-3H3;5-7H,1-4H3;4-6,8H,1-3H3;5-8H,1-4H3;4-7H,1-3H3;4-7H,1-3H3;4-7H,1-3H3;4-8H,1-3H3. The first-order valence-electron chi connectivity index (χ1n) is 37.8. The van der Waals surface area contributed by atoms with E-state index in [1.54, 1.807) is 70.2 Å². The zero-order valence-corrected chi connectivity index (χ0v) is 74.3. The minimum Gasteiger partial charge on any atom is -0.496 e. The average molecular weight is 1590 g/mol. The quantitative estimate of drug-likeness (QED) is 0.115. The summed E-state index contributed by atoms with van der Waals surface area (Å²) in [5, 5.41) is 16.2. The van der Waals surface area contributed by atoms with Crippen LogP contribution in [0.1, 0.15) is 272 Å². The molecule has 108 heavy (non-hydrogen) atoms. The van der Waals surface area contributed by atoms with Crippen LogP contribution >= 0.6 is 50.2 Å². The van der Waals surface area contributed by atoms with Gasteiger partial charge in [0.2, 0.25) is 0 Å². The lowest BCUT2D eigenvalue weighted by atomic mass is 9.96. The fourth-order valence-electron chi connectivity index (χ4n) is 12.4. The van der Waals surface area contributed by atoms with E-state index < -0.39 is 0 Å². The molecule has 0 bridgehead atoms. The van der Waals surface area contributed by atoms with E-state index in [0.717, 1.165) is 50.3 Å². The molecule has 2 aromatic heterocycles.